The number of amides is 1. The van der Waals surface area contributed by atoms with Crippen molar-refractivity contribution in [2.45, 2.75) is 70.1 Å². The Balaban J connectivity index is 1.69. The number of rotatable bonds is 8. The minimum absolute atomic E-state index is 0.0278. The van der Waals surface area contributed by atoms with E-state index in [0.29, 0.717) is 12.0 Å². The van der Waals surface area contributed by atoms with Crippen LogP contribution in [0.4, 0.5) is 0 Å². The van der Waals surface area contributed by atoms with Crippen molar-refractivity contribution in [2.24, 2.45) is 5.92 Å². The Hall–Kier alpha value is -1.80. The fourth-order valence-corrected chi connectivity index (χ4v) is 4.41. The summed E-state index contributed by atoms with van der Waals surface area (Å²) in [6.07, 6.45) is 8.01. The summed E-state index contributed by atoms with van der Waals surface area (Å²) in [5, 5.41) is 16.5. The van der Waals surface area contributed by atoms with Crippen LogP contribution < -0.4 is 5.32 Å². The summed E-state index contributed by atoms with van der Waals surface area (Å²) >= 11 is 0. The Morgan fingerprint density at radius 2 is 2.04 bits per heavy atom. The van der Waals surface area contributed by atoms with Crippen LogP contribution in [0.1, 0.15) is 64.2 Å². The molecule has 1 aliphatic heterocycles. The van der Waals surface area contributed by atoms with Crippen LogP contribution in [0.2, 0.25) is 0 Å². The maximum absolute atomic E-state index is 11.8. The molecule has 3 rings (SSSR count). The lowest BCUT2D eigenvalue weighted by Gasteiger charge is -2.38. The van der Waals surface area contributed by atoms with Gasteiger partial charge in [-0.2, -0.15) is 0 Å². The number of carbonyl (C=O) groups excluding carboxylic acids is 1. The molecule has 156 valence electrons. The van der Waals surface area contributed by atoms with Crippen LogP contribution in [0, 0.1) is 5.92 Å². The first-order valence-corrected chi connectivity index (χ1v) is 10.5. The number of hydrogen-bond acceptors (Lipinski definition) is 6. The van der Waals surface area contributed by atoms with Crippen LogP contribution in [0.15, 0.2) is 12.7 Å². The van der Waals surface area contributed by atoms with E-state index in [1.807, 2.05) is 9.58 Å². The van der Waals surface area contributed by atoms with E-state index in [9.17, 15) is 4.79 Å². The maximum Gasteiger partial charge on any atom is 0.245 e. The number of nitrogens with one attached hydrogen (secondary N) is 1. The van der Waals surface area contributed by atoms with Gasteiger partial charge in [0.2, 0.25) is 5.91 Å². The van der Waals surface area contributed by atoms with Crippen molar-refractivity contribution in [3.63, 3.8) is 0 Å². The van der Waals surface area contributed by atoms with Gasteiger partial charge in [0, 0.05) is 20.2 Å². The van der Waals surface area contributed by atoms with Crippen LogP contribution in [-0.2, 0) is 15.1 Å². The van der Waals surface area contributed by atoms with Gasteiger partial charge >= 0.3 is 0 Å². The number of methoxy groups -OCH3 is 1. The number of likely N-dealkylation sites (tertiary alicyclic amines) is 1. The molecule has 2 fully saturated rings. The Labute approximate surface area is 167 Å². The highest BCUT2D eigenvalue weighted by Gasteiger charge is 2.40. The van der Waals surface area contributed by atoms with E-state index in [4.69, 9.17) is 4.74 Å². The second kappa shape index (κ2) is 9.13. The van der Waals surface area contributed by atoms with Gasteiger partial charge in [0.05, 0.1) is 12.1 Å². The molecular weight excluding hydrogens is 356 g/mol. The zero-order chi connectivity index (χ0) is 20.1. The van der Waals surface area contributed by atoms with Gasteiger partial charge in [-0.15, -0.1) is 5.10 Å². The van der Waals surface area contributed by atoms with Crippen molar-refractivity contribution in [2.75, 3.05) is 26.7 Å². The van der Waals surface area contributed by atoms with Gasteiger partial charge in [0.1, 0.15) is 5.54 Å². The topological polar surface area (TPSA) is 85.2 Å². The molecule has 0 radical (unpaired) electrons. The van der Waals surface area contributed by atoms with E-state index in [2.05, 4.69) is 41.3 Å². The van der Waals surface area contributed by atoms with Crippen LogP contribution in [0.5, 0.6) is 0 Å². The molecule has 2 unspecified atom stereocenters. The summed E-state index contributed by atoms with van der Waals surface area (Å²) in [7, 11) is 1.73. The molecule has 28 heavy (non-hydrogen) atoms. The molecule has 2 aliphatic rings. The maximum atomic E-state index is 11.8. The van der Waals surface area contributed by atoms with E-state index in [1.165, 1.54) is 18.9 Å². The number of carbonyl (C=O) groups is 1. The summed E-state index contributed by atoms with van der Waals surface area (Å²) in [6.45, 7) is 10.2. The van der Waals surface area contributed by atoms with Gasteiger partial charge in [-0.25, -0.2) is 4.68 Å². The van der Waals surface area contributed by atoms with E-state index < -0.39 is 5.54 Å². The molecule has 1 aromatic heterocycles. The molecule has 0 aromatic carbocycles. The number of nitrogens with zero attached hydrogens (tertiary/aromatic N) is 5. The molecule has 1 amide bonds. The number of aromatic nitrogens is 4. The predicted octanol–water partition coefficient (Wildman–Crippen LogP) is 2.05. The molecule has 8 heteroatoms. The average Bonchev–Trinajstić information content (AvgIpc) is 3.42. The van der Waals surface area contributed by atoms with Crippen molar-refractivity contribution < 1.29 is 9.53 Å². The highest BCUT2D eigenvalue weighted by molar-refractivity contribution is 5.87. The number of hydrogen-bond donors (Lipinski definition) is 1. The van der Waals surface area contributed by atoms with Crippen LogP contribution in [-0.4, -0.2) is 63.9 Å². The van der Waals surface area contributed by atoms with Gasteiger partial charge in [-0.1, -0.05) is 19.4 Å². The van der Waals surface area contributed by atoms with E-state index in [0.717, 1.165) is 51.1 Å². The quantitative estimate of drug-likeness (QED) is 0.684. The average molecular weight is 391 g/mol. The molecule has 1 saturated heterocycles. The zero-order valence-electron chi connectivity index (χ0n) is 17.4. The van der Waals surface area contributed by atoms with Crippen molar-refractivity contribution in [3.8, 4) is 0 Å². The van der Waals surface area contributed by atoms with E-state index in [1.54, 1.807) is 7.11 Å². The minimum Gasteiger partial charge on any atom is -0.379 e. The molecular formula is C20H34N6O2. The summed E-state index contributed by atoms with van der Waals surface area (Å²) < 4.78 is 7.74. The summed E-state index contributed by atoms with van der Waals surface area (Å²) in [5.74, 6) is 1.39. The molecule has 2 atom stereocenters. The fourth-order valence-electron chi connectivity index (χ4n) is 4.41. The normalized spacial score (nSPS) is 22.2. The fraction of sp³-hybridized carbons (Fsp3) is 0.800. The second-order valence-electron chi connectivity index (χ2n) is 8.32. The van der Waals surface area contributed by atoms with Crippen molar-refractivity contribution in [1.82, 2.24) is 30.4 Å². The first-order chi connectivity index (χ1) is 13.5. The van der Waals surface area contributed by atoms with Gasteiger partial charge in [-0.05, 0) is 68.5 Å². The summed E-state index contributed by atoms with van der Waals surface area (Å²) in [6, 6.07) is 0.378. The molecule has 0 bridgehead atoms. The minimum atomic E-state index is -0.477. The lowest BCUT2D eigenvalue weighted by atomic mass is 9.90. The lowest BCUT2D eigenvalue weighted by Crippen LogP contribution is -2.53. The molecule has 1 aliphatic carbocycles. The number of tetrazole rings is 1. The zero-order valence-corrected chi connectivity index (χ0v) is 17.4. The van der Waals surface area contributed by atoms with Crippen LogP contribution in [0.25, 0.3) is 0 Å². The standard InChI is InChI=1S/C20H34N6O2/c1-5-18(27)25-12-10-16(11-13-25)14-21-20(3,15(2)28-4)19-22-23-24-26(19)17-8-6-7-9-17/h5,15-17,21H,1,6-14H2,2-4H3. The third-order valence-electron chi connectivity index (χ3n) is 6.65. The van der Waals surface area contributed by atoms with E-state index >= 15 is 0 Å². The SMILES string of the molecule is C=CC(=O)N1CCC(CNC(C)(c2nnnn2C2CCCC2)C(C)OC)CC1. The summed E-state index contributed by atoms with van der Waals surface area (Å²) in [5.41, 5.74) is -0.477. The molecule has 1 saturated carbocycles. The summed E-state index contributed by atoms with van der Waals surface area (Å²) in [4.78, 5) is 13.7. The van der Waals surface area contributed by atoms with Gasteiger partial charge in [0.25, 0.3) is 0 Å². The van der Waals surface area contributed by atoms with Crippen LogP contribution >= 0.6 is 0 Å². The predicted molar refractivity (Wildman–Crippen MR) is 107 cm³/mol. The highest BCUT2D eigenvalue weighted by atomic mass is 16.5. The van der Waals surface area contributed by atoms with Crippen molar-refractivity contribution in [1.29, 1.82) is 0 Å². The van der Waals surface area contributed by atoms with E-state index in [-0.39, 0.29) is 12.0 Å². The Bertz CT molecular complexity index is 663. The third-order valence-corrected chi connectivity index (χ3v) is 6.65. The smallest absolute Gasteiger partial charge is 0.245 e. The van der Waals surface area contributed by atoms with Gasteiger partial charge in [0.15, 0.2) is 5.82 Å². The van der Waals surface area contributed by atoms with Crippen LogP contribution in [0.3, 0.4) is 0 Å². The molecule has 0 spiro atoms. The first-order valence-electron chi connectivity index (χ1n) is 10.5. The monoisotopic (exact) mass is 390 g/mol. The van der Waals surface area contributed by atoms with Crippen molar-refractivity contribution >= 4 is 5.91 Å². The molecule has 1 N–H and O–H groups in total. The van der Waals surface area contributed by atoms with Crippen molar-refractivity contribution in [3.05, 3.63) is 18.5 Å². The molecule has 1 aromatic rings. The Morgan fingerprint density at radius 3 is 2.64 bits per heavy atom. The Kier molecular flexibility index (Phi) is 6.82. The second-order valence-corrected chi connectivity index (χ2v) is 8.32. The number of piperidine rings is 1. The van der Waals surface area contributed by atoms with Gasteiger partial charge < -0.3 is 15.0 Å². The highest BCUT2D eigenvalue weighted by Crippen LogP contribution is 2.33. The Morgan fingerprint density at radius 1 is 1.36 bits per heavy atom. The molecule has 2 heterocycles. The lowest BCUT2D eigenvalue weighted by molar-refractivity contribution is -0.127. The number of ether oxygens (including phenoxy) is 1. The van der Waals surface area contributed by atoms with Gasteiger partial charge in [-0.3, -0.25) is 4.79 Å². The largest absolute Gasteiger partial charge is 0.379 e. The first kappa shape index (κ1) is 20.9. The molecule has 8 nitrogen and oxygen atoms in total. The third kappa shape index (κ3) is 4.27.